The molecule has 1 amide bonds. The summed E-state index contributed by atoms with van der Waals surface area (Å²) < 4.78 is 4.90. The third kappa shape index (κ3) is 3.53. The lowest BCUT2D eigenvalue weighted by molar-refractivity contribution is -0.119. The van der Waals surface area contributed by atoms with Gasteiger partial charge in [-0.3, -0.25) is 4.79 Å². The molecule has 0 bridgehead atoms. The first-order chi connectivity index (χ1) is 6.72. The minimum absolute atomic E-state index is 0.0355. The molecule has 1 aromatic heterocycles. The number of nitrogens with one attached hydrogen (secondary N) is 2. The minimum atomic E-state index is -0.0355. The zero-order valence-electron chi connectivity index (χ0n) is 8.33. The topological polar surface area (TPSA) is 80.0 Å². The van der Waals surface area contributed by atoms with Crippen molar-refractivity contribution in [3.63, 3.8) is 0 Å². The summed E-state index contributed by atoms with van der Waals surface area (Å²) in [6.45, 7) is 2.73. The fourth-order valence-corrected chi connectivity index (χ4v) is 0.927. The Bertz CT molecular complexity index is 297. The van der Waals surface area contributed by atoms with Gasteiger partial charge in [-0.1, -0.05) is 5.16 Å². The number of aromatic nitrogens is 2. The molecule has 0 saturated heterocycles. The zero-order valence-corrected chi connectivity index (χ0v) is 8.33. The van der Waals surface area contributed by atoms with Gasteiger partial charge in [-0.25, -0.2) is 0 Å². The molecule has 0 aliphatic carbocycles. The van der Waals surface area contributed by atoms with Crippen molar-refractivity contribution >= 4 is 5.91 Å². The Morgan fingerprint density at radius 1 is 1.57 bits per heavy atom. The van der Waals surface area contributed by atoms with Gasteiger partial charge in [-0.05, 0) is 6.92 Å². The van der Waals surface area contributed by atoms with Gasteiger partial charge < -0.3 is 15.2 Å². The molecule has 0 atom stereocenters. The van der Waals surface area contributed by atoms with Crippen LogP contribution in [0.3, 0.4) is 0 Å². The van der Waals surface area contributed by atoms with Crippen molar-refractivity contribution < 1.29 is 9.32 Å². The number of hydrogen-bond acceptors (Lipinski definition) is 5. The maximum Gasteiger partial charge on any atom is 0.233 e. The van der Waals surface area contributed by atoms with Crippen LogP contribution < -0.4 is 10.6 Å². The number of carbonyl (C=O) groups is 1. The Kier molecular flexibility index (Phi) is 4.06. The summed E-state index contributed by atoms with van der Waals surface area (Å²) in [5.74, 6) is 1.19. The summed E-state index contributed by atoms with van der Waals surface area (Å²) in [5.41, 5.74) is 0. The second kappa shape index (κ2) is 5.33. The van der Waals surface area contributed by atoms with Gasteiger partial charge in [0.2, 0.25) is 11.8 Å². The molecule has 0 unspecified atom stereocenters. The van der Waals surface area contributed by atoms with E-state index in [4.69, 9.17) is 4.52 Å². The summed E-state index contributed by atoms with van der Waals surface area (Å²) in [7, 11) is 1.60. The van der Waals surface area contributed by atoms with Gasteiger partial charge in [0.15, 0.2) is 5.82 Å². The average molecular weight is 198 g/mol. The monoisotopic (exact) mass is 198 g/mol. The van der Waals surface area contributed by atoms with Crippen LogP contribution >= 0.6 is 0 Å². The SMILES string of the molecule is CNC(=O)CNCCc1nc(C)no1. The van der Waals surface area contributed by atoms with Crippen LogP contribution in [0.4, 0.5) is 0 Å². The largest absolute Gasteiger partial charge is 0.358 e. The Hall–Kier alpha value is -1.43. The molecule has 0 spiro atoms. The molecule has 0 saturated carbocycles. The first-order valence-corrected chi connectivity index (χ1v) is 4.43. The maximum atomic E-state index is 10.8. The molecule has 2 N–H and O–H groups in total. The number of rotatable bonds is 5. The Morgan fingerprint density at radius 2 is 2.36 bits per heavy atom. The molecule has 0 aromatic carbocycles. The number of carbonyl (C=O) groups excluding carboxylic acids is 1. The van der Waals surface area contributed by atoms with Crippen molar-refractivity contribution in [3.8, 4) is 0 Å². The fourth-order valence-electron chi connectivity index (χ4n) is 0.927. The molecule has 1 aromatic rings. The van der Waals surface area contributed by atoms with Gasteiger partial charge in [-0.2, -0.15) is 4.98 Å². The fraction of sp³-hybridized carbons (Fsp3) is 0.625. The summed E-state index contributed by atoms with van der Waals surface area (Å²) in [6, 6.07) is 0. The molecule has 6 nitrogen and oxygen atoms in total. The Morgan fingerprint density at radius 3 is 2.93 bits per heavy atom. The van der Waals surface area contributed by atoms with E-state index in [1.54, 1.807) is 14.0 Å². The summed E-state index contributed by atoms with van der Waals surface area (Å²) in [4.78, 5) is 14.8. The van der Waals surface area contributed by atoms with Crippen LogP contribution in [-0.4, -0.2) is 36.2 Å². The van der Waals surface area contributed by atoms with Crippen LogP contribution in [0.1, 0.15) is 11.7 Å². The molecule has 78 valence electrons. The van der Waals surface area contributed by atoms with Crippen molar-refractivity contribution in [1.29, 1.82) is 0 Å². The third-order valence-corrected chi connectivity index (χ3v) is 1.65. The van der Waals surface area contributed by atoms with Crippen LogP contribution in [0, 0.1) is 6.92 Å². The predicted molar refractivity (Wildman–Crippen MR) is 49.7 cm³/mol. The lowest BCUT2D eigenvalue weighted by atomic mass is 10.4. The van der Waals surface area contributed by atoms with Crippen molar-refractivity contribution in [1.82, 2.24) is 20.8 Å². The van der Waals surface area contributed by atoms with E-state index in [9.17, 15) is 4.79 Å². The summed E-state index contributed by atoms with van der Waals surface area (Å²) in [5, 5.41) is 9.12. The summed E-state index contributed by atoms with van der Waals surface area (Å²) in [6.07, 6.45) is 0.637. The molecule has 0 aliphatic heterocycles. The van der Waals surface area contributed by atoms with Crippen molar-refractivity contribution in [2.75, 3.05) is 20.1 Å². The van der Waals surface area contributed by atoms with E-state index in [-0.39, 0.29) is 5.91 Å². The molecule has 0 fully saturated rings. The highest BCUT2D eigenvalue weighted by molar-refractivity contribution is 5.77. The highest BCUT2D eigenvalue weighted by Gasteiger charge is 2.02. The van der Waals surface area contributed by atoms with Gasteiger partial charge in [0.25, 0.3) is 0 Å². The van der Waals surface area contributed by atoms with E-state index in [1.807, 2.05) is 0 Å². The zero-order chi connectivity index (χ0) is 10.4. The standard InChI is InChI=1S/C8H14N4O2/c1-6-11-8(14-12-6)3-4-10-5-7(13)9-2/h10H,3-5H2,1-2H3,(H,9,13). The molecule has 1 heterocycles. The van der Waals surface area contributed by atoms with Crippen LogP contribution in [-0.2, 0) is 11.2 Å². The Labute approximate surface area is 82.1 Å². The third-order valence-electron chi connectivity index (χ3n) is 1.65. The lowest BCUT2D eigenvalue weighted by Gasteiger charge is -2.00. The van der Waals surface area contributed by atoms with E-state index in [1.165, 1.54) is 0 Å². The smallest absolute Gasteiger partial charge is 0.233 e. The number of hydrogen-bond donors (Lipinski definition) is 2. The predicted octanol–water partition coefficient (Wildman–Crippen LogP) is -0.744. The van der Waals surface area contributed by atoms with Gasteiger partial charge in [0, 0.05) is 20.0 Å². The van der Waals surface area contributed by atoms with E-state index in [2.05, 4.69) is 20.8 Å². The second-order valence-corrected chi connectivity index (χ2v) is 2.84. The molecule has 0 radical (unpaired) electrons. The van der Waals surface area contributed by atoms with Gasteiger partial charge in [0.05, 0.1) is 6.54 Å². The summed E-state index contributed by atoms with van der Waals surface area (Å²) >= 11 is 0. The number of likely N-dealkylation sites (N-methyl/N-ethyl adjacent to an activating group) is 1. The molecular formula is C8H14N4O2. The number of nitrogens with zero attached hydrogens (tertiary/aromatic N) is 2. The van der Waals surface area contributed by atoms with Crippen molar-refractivity contribution in [3.05, 3.63) is 11.7 Å². The Balaban J connectivity index is 2.13. The van der Waals surface area contributed by atoms with Crippen LogP contribution in [0.25, 0.3) is 0 Å². The number of aryl methyl sites for hydroxylation is 1. The van der Waals surface area contributed by atoms with E-state index in [0.717, 1.165) is 0 Å². The number of amides is 1. The van der Waals surface area contributed by atoms with E-state index in [0.29, 0.717) is 31.2 Å². The molecule has 0 aliphatic rings. The van der Waals surface area contributed by atoms with Crippen LogP contribution in [0.5, 0.6) is 0 Å². The van der Waals surface area contributed by atoms with Crippen molar-refractivity contribution in [2.24, 2.45) is 0 Å². The molecular weight excluding hydrogens is 184 g/mol. The second-order valence-electron chi connectivity index (χ2n) is 2.84. The van der Waals surface area contributed by atoms with Crippen molar-refractivity contribution in [2.45, 2.75) is 13.3 Å². The molecule has 6 heteroatoms. The van der Waals surface area contributed by atoms with Gasteiger partial charge in [0.1, 0.15) is 0 Å². The maximum absolute atomic E-state index is 10.8. The van der Waals surface area contributed by atoms with Crippen LogP contribution in [0.2, 0.25) is 0 Å². The quantitative estimate of drug-likeness (QED) is 0.609. The first-order valence-electron chi connectivity index (χ1n) is 4.43. The van der Waals surface area contributed by atoms with E-state index < -0.39 is 0 Å². The van der Waals surface area contributed by atoms with Gasteiger partial charge >= 0.3 is 0 Å². The van der Waals surface area contributed by atoms with Crippen LogP contribution in [0.15, 0.2) is 4.52 Å². The van der Waals surface area contributed by atoms with Gasteiger partial charge in [-0.15, -0.1) is 0 Å². The minimum Gasteiger partial charge on any atom is -0.358 e. The average Bonchev–Trinajstić information content (AvgIpc) is 2.58. The highest BCUT2D eigenvalue weighted by Crippen LogP contribution is 1.95. The first kappa shape index (κ1) is 10.6. The van der Waals surface area contributed by atoms with E-state index >= 15 is 0 Å². The normalized spacial score (nSPS) is 10.1. The molecule has 14 heavy (non-hydrogen) atoms. The lowest BCUT2D eigenvalue weighted by Crippen LogP contribution is -2.32. The highest BCUT2D eigenvalue weighted by atomic mass is 16.5. The molecule has 1 rings (SSSR count).